The van der Waals surface area contributed by atoms with E-state index in [1.165, 1.54) is 0 Å². The quantitative estimate of drug-likeness (QED) is 0.482. The molecule has 0 saturated carbocycles. The second kappa shape index (κ2) is 9.54. The molecule has 1 heterocycles. The van der Waals surface area contributed by atoms with Crippen LogP contribution in [-0.4, -0.2) is 28.1 Å². The zero-order valence-corrected chi connectivity index (χ0v) is 16.9. The van der Waals surface area contributed by atoms with Crippen LogP contribution < -0.4 is 10.6 Å². The number of carbonyl (C=O) groups is 2. The number of nitrogens with zero attached hydrogens (tertiary/aromatic N) is 2. The van der Waals surface area contributed by atoms with Crippen LogP contribution in [0, 0.1) is 0 Å². The van der Waals surface area contributed by atoms with Crippen molar-refractivity contribution in [3.05, 3.63) is 114 Å². The number of aromatic nitrogens is 2. The molecule has 0 aliphatic carbocycles. The highest BCUT2D eigenvalue weighted by Crippen LogP contribution is 2.12. The van der Waals surface area contributed by atoms with E-state index < -0.39 is 0 Å². The topological polar surface area (TPSA) is 76.0 Å². The molecule has 0 aliphatic rings. The molecule has 6 nitrogen and oxygen atoms in total. The Hall–Kier alpha value is -4.19. The van der Waals surface area contributed by atoms with E-state index >= 15 is 0 Å². The van der Waals surface area contributed by atoms with Gasteiger partial charge >= 0.3 is 0 Å². The van der Waals surface area contributed by atoms with Crippen LogP contribution in [0.25, 0.3) is 5.69 Å². The molecule has 4 aromatic rings. The second-order valence-electron chi connectivity index (χ2n) is 7.02. The molecule has 2 N–H and O–H groups in total. The summed E-state index contributed by atoms with van der Waals surface area (Å²) < 4.78 is 1.80. The monoisotopic (exact) mass is 410 g/mol. The van der Waals surface area contributed by atoms with E-state index in [-0.39, 0.29) is 11.8 Å². The van der Waals surface area contributed by atoms with Crippen LogP contribution in [0.3, 0.4) is 0 Å². The van der Waals surface area contributed by atoms with Crippen molar-refractivity contribution < 1.29 is 9.59 Å². The predicted octanol–water partition coefficient (Wildman–Crippen LogP) is 4.10. The van der Waals surface area contributed by atoms with Gasteiger partial charge in [0.2, 0.25) is 0 Å². The van der Waals surface area contributed by atoms with Crippen molar-refractivity contribution in [2.75, 3.05) is 11.9 Å². The van der Waals surface area contributed by atoms with Crippen molar-refractivity contribution in [1.29, 1.82) is 0 Å². The molecule has 0 unspecified atom stereocenters. The van der Waals surface area contributed by atoms with Crippen LogP contribution in [0.5, 0.6) is 0 Å². The third-order valence-corrected chi connectivity index (χ3v) is 4.85. The highest BCUT2D eigenvalue weighted by atomic mass is 16.2. The minimum atomic E-state index is -0.184. The Morgan fingerprint density at radius 2 is 1.48 bits per heavy atom. The molecule has 2 amide bonds. The zero-order valence-electron chi connectivity index (χ0n) is 16.9. The summed E-state index contributed by atoms with van der Waals surface area (Å²) in [4.78, 5) is 24.6. The smallest absolute Gasteiger partial charge is 0.255 e. The van der Waals surface area contributed by atoms with Gasteiger partial charge in [-0.3, -0.25) is 9.59 Å². The molecule has 154 valence electrons. The number of rotatable bonds is 7. The van der Waals surface area contributed by atoms with Crippen LogP contribution in [0.15, 0.2) is 97.3 Å². The van der Waals surface area contributed by atoms with Gasteiger partial charge in [0.05, 0.1) is 5.69 Å². The standard InChI is InChI=1S/C25H22N4O2/c30-24(26-17-15-19-7-13-23(14-8-19)29-18-4-16-27-29)21-9-11-22(12-10-21)28-25(31)20-5-2-1-3-6-20/h1-14,16,18H,15,17H2,(H,26,30)(H,28,31). The number of anilines is 1. The highest BCUT2D eigenvalue weighted by Gasteiger charge is 2.08. The van der Waals surface area contributed by atoms with Crippen LogP contribution >= 0.6 is 0 Å². The minimum Gasteiger partial charge on any atom is -0.352 e. The summed E-state index contributed by atoms with van der Waals surface area (Å²) in [7, 11) is 0. The van der Waals surface area contributed by atoms with Crippen molar-refractivity contribution in [2.24, 2.45) is 0 Å². The van der Waals surface area contributed by atoms with Gasteiger partial charge < -0.3 is 10.6 Å². The summed E-state index contributed by atoms with van der Waals surface area (Å²) in [5.74, 6) is -0.328. The molecule has 3 aromatic carbocycles. The normalized spacial score (nSPS) is 10.5. The summed E-state index contributed by atoms with van der Waals surface area (Å²) in [5, 5.41) is 9.97. The third kappa shape index (κ3) is 5.25. The molecule has 6 heteroatoms. The Bertz CT molecular complexity index is 1140. The first-order valence-electron chi connectivity index (χ1n) is 10.0. The predicted molar refractivity (Wildman–Crippen MR) is 120 cm³/mol. The summed E-state index contributed by atoms with van der Waals surface area (Å²) in [5.41, 5.74) is 3.91. The van der Waals surface area contributed by atoms with Gasteiger partial charge in [-0.2, -0.15) is 5.10 Å². The zero-order chi connectivity index (χ0) is 21.5. The molecule has 31 heavy (non-hydrogen) atoms. The van der Waals surface area contributed by atoms with Crippen molar-refractivity contribution in [1.82, 2.24) is 15.1 Å². The number of carbonyl (C=O) groups excluding carboxylic acids is 2. The fourth-order valence-electron chi connectivity index (χ4n) is 3.16. The highest BCUT2D eigenvalue weighted by molar-refractivity contribution is 6.04. The van der Waals surface area contributed by atoms with E-state index in [9.17, 15) is 9.59 Å². The van der Waals surface area contributed by atoms with Gasteiger partial charge in [0.15, 0.2) is 0 Å². The van der Waals surface area contributed by atoms with Gasteiger partial charge in [0.1, 0.15) is 0 Å². The molecule has 0 radical (unpaired) electrons. The van der Waals surface area contributed by atoms with E-state index in [4.69, 9.17) is 0 Å². The Labute approximate surface area is 180 Å². The van der Waals surface area contributed by atoms with Gasteiger partial charge in [-0.15, -0.1) is 0 Å². The van der Waals surface area contributed by atoms with Gasteiger partial charge in [0, 0.05) is 35.8 Å². The van der Waals surface area contributed by atoms with Gasteiger partial charge in [-0.05, 0) is 66.6 Å². The van der Waals surface area contributed by atoms with Crippen LogP contribution in [0.1, 0.15) is 26.3 Å². The minimum absolute atomic E-state index is 0.144. The van der Waals surface area contributed by atoms with E-state index in [1.807, 2.05) is 54.7 Å². The Morgan fingerprint density at radius 1 is 0.774 bits per heavy atom. The summed E-state index contributed by atoms with van der Waals surface area (Å²) in [6, 6.07) is 25.8. The number of hydrogen-bond donors (Lipinski definition) is 2. The molecule has 0 fully saturated rings. The summed E-state index contributed by atoms with van der Waals surface area (Å²) in [6.45, 7) is 0.534. The molecular formula is C25H22N4O2. The molecule has 0 spiro atoms. The Balaban J connectivity index is 1.26. The van der Waals surface area contributed by atoms with E-state index in [0.717, 1.165) is 17.7 Å². The fourth-order valence-corrected chi connectivity index (χ4v) is 3.16. The van der Waals surface area contributed by atoms with Crippen LogP contribution in [-0.2, 0) is 6.42 Å². The SMILES string of the molecule is O=C(NCCc1ccc(-n2cccn2)cc1)c1ccc(NC(=O)c2ccccc2)cc1. The second-order valence-corrected chi connectivity index (χ2v) is 7.02. The molecule has 0 saturated heterocycles. The number of benzene rings is 3. The van der Waals surface area contributed by atoms with Crippen molar-refractivity contribution in [2.45, 2.75) is 6.42 Å². The first-order valence-corrected chi connectivity index (χ1v) is 10.0. The molecule has 4 rings (SSSR count). The first kappa shape index (κ1) is 20.1. The van der Waals surface area contributed by atoms with Crippen LogP contribution in [0.4, 0.5) is 5.69 Å². The lowest BCUT2D eigenvalue weighted by molar-refractivity contribution is 0.0953. The van der Waals surface area contributed by atoms with E-state index in [2.05, 4.69) is 15.7 Å². The molecular weight excluding hydrogens is 388 g/mol. The molecule has 0 atom stereocenters. The van der Waals surface area contributed by atoms with Gasteiger partial charge in [-0.25, -0.2) is 4.68 Å². The lowest BCUT2D eigenvalue weighted by Gasteiger charge is -2.08. The van der Waals surface area contributed by atoms with Crippen molar-refractivity contribution in [3.8, 4) is 5.69 Å². The molecule has 0 bridgehead atoms. The Morgan fingerprint density at radius 3 is 2.16 bits per heavy atom. The fraction of sp³-hybridized carbons (Fsp3) is 0.0800. The maximum atomic E-state index is 12.4. The first-order chi connectivity index (χ1) is 15.2. The van der Waals surface area contributed by atoms with Crippen molar-refractivity contribution >= 4 is 17.5 Å². The van der Waals surface area contributed by atoms with Gasteiger partial charge in [0.25, 0.3) is 11.8 Å². The maximum Gasteiger partial charge on any atom is 0.255 e. The number of hydrogen-bond acceptors (Lipinski definition) is 3. The van der Waals surface area contributed by atoms with Gasteiger partial charge in [-0.1, -0.05) is 30.3 Å². The number of amides is 2. The molecule has 1 aromatic heterocycles. The van der Waals surface area contributed by atoms with E-state index in [1.54, 1.807) is 47.3 Å². The number of nitrogens with one attached hydrogen (secondary N) is 2. The average molecular weight is 410 g/mol. The maximum absolute atomic E-state index is 12.4. The summed E-state index contributed by atoms with van der Waals surface area (Å²) in [6.07, 6.45) is 4.37. The van der Waals surface area contributed by atoms with E-state index in [0.29, 0.717) is 23.4 Å². The third-order valence-electron chi connectivity index (χ3n) is 4.85. The lowest BCUT2D eigenvalue weighted by Crippen LogP contribution is -2.25. The lowest BCUT2D eigenvalue weighted by atomic mass is 10.1. The van der Waals surface area contributed by atoms with Crippen LogP contribution in [0.2, 0.25) is 0 Å². The van der Waals surface area contributed by atoms with Crippen molar-refractivity contribution in [3.63, 3.8) is 0 Å². The largest absolute Gasteiger partial charge is 0.352 e. The summed E-state index contributed by atoms with van der Waals surface area (Å²) >= 11 is 0. The molecule has 0 aliphatic heterocycles. The average Bonchev–Trinajstić information content (AvgIpc) is 3.35. The Kier molecular flexibility index (Phi) is 6.18.